The minimum absolute atomic E-state index is 0.133. The molecule has 0 bridgehead atoms. The summed E-state index contributed by atoms with van der Waals surface area (Å²) < 4.78 is 4.87. The van der Waals surface area contributed by atoms with Gasteiger partial charge in [0.15, 0.2) is 6.10 Å². The van der Waals surface area contributed by atoms with Gasteiger partial charge >= 0.3 is 5.97 Å². The van der Waals surface area contributed by atoms with Gasteiger partial charge < -0.3 is 10.5 Å². The number of nitrogens with zero attached hydrogens (tertiary/aromatic N) is 1. The lowest BCUT2D eigenvalue weighted by Gasteiger charge is -2.15. The first kappa shape index (κ1) is 14.7. The van der Waals surface area contributed by atoms with Gasteiger partial charge in [0.25, 0.3) is 5.91 Å². The number of hydrogen-bond acceptors (Lipinski definition) is 5. The molecule has 1 atom stereocenters. The molecule has 0 spiro atoms. The average molecular weight is 290 g/mol. The topological polar surface area (TPSA) is 107 Å². The first-order valence-electron chi connectivity index (χ1n) is 6.36. The van der Waals surface area contributed by atoms with Gasteiger partial charge in [0.1, 0.15) is 0 Å². The van der Waals surface area contributed by atoms with E-state index in [1.165, 1.54) is 25.1 Å². The standard InChI is InChI=1S/C14H14N2O5/c1-8(13(15)19)21-14(20)9-3-2-4-10(7-9)16-11(17)5-6-12(16)18/h2-4,7-8H,5-6H2,1H3,(H2,15,19)/t8-/m1/s1. The zero-order valence-corrected chi connectivity index (χ0v) is 11.4. The van der Waals surface area contributed by atoms with E-state index < -0.39 is 18.0 Å². The molecule has 1 aliphatic heterocycles. The first-order valence-corrected chi connectivity index (χ1v) is 6.36. The van der Waals surface area contributed by atoms with Crippen LogP contribution in [0.4, 0.5) is 5.69 Å². The Morgan fingerprint density at radius 1 is 1.24 bits per heavy atom. The third-order valence-corrected chi connectivity index (χ3v) is 3.08. The number of rotatable bonds is 4. The van der Waals surface area contributed by atoms with Crippen molar-refractivity contribution >= 4 is 29.4 Å². The van der Waals surface area contributed by atoms with Gasteiger partial charge in [0.05, 0.1) is 11.3 Å². The molecular weight excluding hydrogens is 276 g/mol. The lowest BCUT2D eigenvalue weighted by Crippen LogP contribution is -2.31. The summed E-state index contributed by atoms with van der Waals surface area (Å²) in [5.41, 5.74) is 5.46. The molecule has 110 valence electrons. The van der Waals surface area contributed by atoms with Crippen molar-refractivity contribution in [2.45, 2.75) is 25.9 Å². The van der Waals surface area contributed by atoms with Crippen LogP contribution >= 0.6 is 0 Å². The van der Waals surface area contributed by atoms with Crippen LogP contribution in [-0.2, 0) is 19.1 Å². The van der Waals surface area contributed by atoms with Crippen molar-refractivity contribution in [1.29, 1.82) is 0 Å². The van der Waals surface area contributed by atoms with E-state index in [1.54, 1.807) is 6.07 Å². The summed E-state index contributed by atoms with van der Waals surface area (Å²) in [7, 11) is 0. The van der Waals surface area contributed by atoms with Crippen molar-refractivity contribution in [2.24, 2.45) is 5.73 Å². The molecule has 7 nitrogen and oxygen atoms in total. The normalized spacial score (nSPS) is 16.0. The molecule has 0 saturated carbocycles. The SMILES string of the molecule is C[C@@H](OC(=O)c1cccc(N2C(=O)CCC2=O)c1)C(N)=O. The summed E-state index contributed by atoms with van der Waals surface area (Å²) in [4.78, 5) is 47.1. The number of esters is 1. The number of amides is 3. The lowest BCUT2D eigenvalue weighted by atomic mass is 10.2. The van der Waals surface area contributed by atoms with Crippen LogP contribution in [0.1, 0.15) is 30.1 Å². The van der Waals surface area contributed by atoms with Crippen LogP contribution in [0.3, 0.4) is 0 Å². The van der Waals surface area contributed by atoms with E-state index in [0.29, 0.717) is 5.69 Å². The predicted molar refractivity (Wildman–Crippen MR) is 72.2 cm³/mol. The number of ether oxygens (including phenoxy) is 1. The number of carbonyl (C=O) groups excluding carboxylic acids is 4. The molecule has 1 aliphatic rings. The molecule has 1 heterocycles. The molecule has 0 aromatic heterocycles. The highest BCUT2D eigenvalue weighted by Gasteiger charge is 2.30. The van der Waals surface area contributed by atoms with Gasteiger partial charge in [-0.2, -0.15) is 0 Å². The quantitative estimate of drug-likeness (QED) is 0.637. The predicted octanol–water partition coefficient (Wildman–Crippen LogP) is 0.371. The number of hydrogen-bond donors (Lipinski definition) is 1. The van der Waals surface area contributed by atoms with Gasteiger partial charge in [0, 0.05) is 12.8 Å². The van der Waals surface area contributed by atoms with Crippen LogP contribution in [0.15, 0.2) is 24.3 Å². The van der Waals surface area contributed by atoms with Gasteiger partial charge in [-0.1, -0.05) is 6.07 Å². The molecule has 0 unspecified atom stereocenters. The Balaban J connectivity index is 2.22. The third kappa shape index (κ3) is 3.07. The number of benzene rings is 1. The largest absolute Gasteiger partial charge is 0.449 e. The fourth-order valence-electron chi connectivity index (χ4n) is 1.92. The fraction of sp³-hybridized carbons (Fsp3) is 0.286. The van der Waals surface area contributed by atoms with E-state index >= 15 is 0 Å². The van der Waals surface area contributed by atoms with Crippen LogP contribution in [0.2, 0.25) is 0 Å². The first-order chi connectivity index (χ1) is 9.90. The summed E-state index contributed by atoms with van der Waals surface area (Å²) in [6, 6.07) is 5.91. The van der Waals surface area contributed by atoms with E-state index in [0.717, 1.165) is 4.90 Å². The summed E-state index contributed by atoms with van der Waals surface area (Å²) >= 11 is 0. The highest BCUT2D eigenvalue weighted by atomic mass is 16.5. The molecule has 1 fully saturated rings. The third-order valence-electron chi connectivity index (χ3n) is 3.08. The molecule has 0 aliphatic carbocycles. The van der Waals surface area contributed by atoms with Crippen LogP contribution in [-0.4, -0.2) is 29.8 Å². The molecular formula is C14H14N2O5. The van der Waals surface area contributed by atoms with Crippen LogP contribution in [0, 0.1) is 0 Å². The molecule has 2 rings (SSSR count). The molecule has 1 saturated heterocycles. The zero-order valence-electron chi connectivity index (χ0n) is 11.4. The maximum Gasteiger partial charge on any atom is 0.338 e. The van der Waals surface area contributed by atoms with Crippen molar-refractivity contribution in [3.05, 3.63) is 29.8 Å². The van der Waals surface area contributed by atoms with Gasteiger partial charge in [0.2, 0.25) is 11.8 Å². The van der Waals surface area contributed by atoms with E-state index in [1.807, 2.05) is 0 Å². The van der Waals surface area contributed by atoms with Crippen molar-refractivity contribution in [3.8, 4) is 0 Å². The Morgan fingerprint density at radius 2 is 1.86 bits per heavy atom. The van der Waals surface area contributed by atoms with Gasteiger partial charge in [-0.3, -0.25) is 19.3 Å². The van der Waals surface area contributed by atoms with E-state index in [4.69, 9.17) is 10.5 Å². The molecule has 0 radical (unpaired) electrons. The van der Waals surface area contributed by atoms with Gasteiger partial charge in [-0.05, 0) is 25.1 Å². The Morgan fingerprint density at radius 3 is 2.43 bits per heavy atom. The Bertz CT molecular complexity index is 610. The Hall–Kier alpha value is -2.70. The molecule has 3 amide bonds. The van der Waals surface area contributed by atoms with Crippen LogP contribution < -0.4 is 10.6 Å². The number of carbonyl (C=O) groups is 4. The highest BCUT2D eigenvalue weighted by Crippen LogP contribution is 2.23. The van der Waals surface area contributed by atoms with E-state index in [9.17, 15) is 19.2 Å². The number of imide groups is 1. The lowest BCUT2D eigenvalue weighted by molar-refractivity contribution is -0.125. The number of anilines is 1. The Labute approximate surface area is 120 Å². The monoisotopic (exact) mass is 290 g/mol. The molecule has 1 aromatic rings. The van der Waals surface area contributed by atoms with Crippen LogP contribution in [0.5, 0.6) is 0 Å². The highest BCUT2D eigenvalue weighted by molar-refractivity contribution is 6.20. The van der Waals surface area contributed by atoms with E-state index in [-0.39, 0.29) is 30.2 Å². The van der Waals surface area contributed by atoms with Crippen molar-refractivity contribution < 1.29 is 23.9 Å². The van der Waals surface area contributed by atoms with Crippen LogP contribution in [0.25, 0.3) is 0 Å². The molecule has 21 heavy (non-hydrogen) atoms. The second-order valence-corrected chi connectivity index (χ2v) is 4.62. The van der Waals surface area contributed by atoms with E-state index in [2.05, 4.69) is 0 Å². The minimum atomic E-state index is -1.06. The smallest absolute Gasteiger partial charge is 0.338 e. The van der Waals surface area contributed by atoms with Crippen molar-refractivity contribution in [3.63, 3.8) is 0 Å². The summed E-state index contributed by atoms with van der Waals surface area (Å²) in [5, 5.41) is 0. The minimum Gasteiger partial charge on any atom is -0.449 e. The Kier molecular flexibility index (Phi) is 4.02. The second-order valence-electron chi connectivity index (χ2n) is 4.62. The maximum absolute atomic E-state index is 11.9. The molecule has 1 aromatic carbocycles. The maximum atomic E-state index is 11.9. The number of nitrogens with two attached hydrogens (primary N) is 1. The molecule has 7 heteroatoms. The average Bonchev–Trinajstić information content (AvgIpc) is 2.78. The van der Waals surface area contributed by atoms with Crippen molar-refractivity contribution in [1.82, 2.24) is 0 Å². The van der Waals surface area contributed by atoms with Gasteiger partial charge in [-0.25, -0.2) is 4.79 Å². The summed E-state index contributed by atoms with van der Waals surface area (Å²) in [5.74, 6) is -2.13. The van der Waals surface area contributed by atoms with Gasteiger partial charge in [-0.15, -0.1) is 0 Å². The molecule has 2 N–H and O–H groups in total. The zero-order chi connectivity index (χ0) is 15.6. The fourth-order valence-corrected chi connectivity index (χ4v) is 1.92. The van der Waals surface area contributed by atoms with Crippen molar-refractivity contribution in [2.75, 3.05) is 4.90 Å². The number of primary amides is 1. The summed E-state index contributed by atoms with van der Waals surface area (Å²) in [6.07, 6.45) is -0.741. The summed E-state index contributed by atoms with van der Waals surface area (Å²) in [6.45, 7) is 1.36. The second kappa shape index (κ2) is 5.74.